The quantitative estimate of drug-likeness (QED) is 0.337. The maximum Gasteiger partial charge on any atom is 0.128 e. The molecule has 0 saturated carbocycles. The van der Waals surface area contributed by atoms with Gasteiger partial charge in [-0.05, 0) is 67.1 Å². The van der Waals surface area contributed by atoms with Crippen molar-refractivity contribution in [2.24, 2.45) is 4.99 Å². The van der Waals surface area contributed by atoms with Crippen molar-refractivity contribution in [2.45, 2.75) is 13.5 Å². The molecule has 0 bridgehead atoms. The molecule has 0 aliphatic carbocycles. The highest BCUT2D eigenvalue weighted by atomic mass is 79.9. The number of nitrogens with zero attached hydrogens (tertiary/aromatic N) is 1. The van der Waals surface area contributed by atoms with Gasteiger partial charge >= 0.3 is 0 Å². The summed E-state index contributed by atoms with van der Waals surface area (Å²) in [6.45, 7) is 3.12. The van der Waals surface area contributed by atoms with Gasteiger partial charge in [-0.25, -0.2) is 0 Å². The van der Waals surface area contributed by atoms with Crippen LogP contribution in [0.25, 0.3) is 0 Å². The van der Waals surface area contributed by atoms with E-state index in [2.05, 4.69) is 36.9 Å². The van der Waals surface area contributed by atoms with E-state index in [4.69, 9.17) is 9.47 Å². The predicted molar refractivity (Wildman–Crippen MR) is 117 cm³/mol. The van der Waals surface area contributed by atoms with Gasteiger partial charge in [-0.1, -0.05) is 44.0 Å². The third kappa shape index (κ3) is 5.94. The first-order valence-corrected chi connectivity index (χ1v) is 10.2. The van der Waals surface area contributed by atoms with Gasteiger partial charge in [0.15, 0.2) is 0 Å². The summed E-state index contributed by atoms with van der Waals surface area (Å²) in [6, 6.07) is 21.7. The smallest absolute Gasteiger partial charge is 0.128 e. The topological polar surface area (TPSA) is 30.8 Å². The first kappa shape index (κ1) is 19.6. The normalized spacial score (nSPS) is 10.9. The molecule has 0 amide bonds. The molecule has 0 unspecified atom stereocenters. The third-order valence-corrected chi connectivity index (χ3v) is 4.80. The molecule has 0 aliphatic heterocycles. The molecule has 0 aromatic heterocycles. The summed E-state index contributed by atoms with van der Waals surface area (Å²) in [7, 11) is 0. The van der Waals surface area contributed by atoms with Gasteiger partial charge in [0.1, 0.15) is 18.1 Å². The summed E-state index contributed by atoms with van der Waals surface area (Å²) in [5.74, 6) is 1.63. The van der Waals surface area contributed by atoms with Crippen LogP contribution in [0.3, 0.4) is 0 Å². The van der Waals surface area contributed by atoms with Crippen LogP contribution in [0.4, 0.5) is 5.69 Å². The number of ether oxygens (including phenoxy) is 2. The SMILES string of the molecule is CCOc1ccc(N=Cc2cc(Br)ccc2OCc2ccc(Br)cc2)cc1. The molecule has 3 nitrogen and oxygen atoms in total. The van der Waals surface area contributed by atoms with Crippen LogP contribution in [-0.4, -0.2) is 12.8 Å². The van der Waals surface area contributed by atoms with Crippen molar-refractivity contribution in [1.29, 1.82) is 0 Å². The van der Waals surface area contributed by atoms with Crippen LogP contribution in [-0.2, 0) is 6.61 Å². The molecule has 0 spiro atoms. The average molecular weight is 489 g/mol. The van der Waals surface area contributed by atoms with Crippen molar-refractivity contribution < 1.29 is 9.47 Å². The van der Waals surface area contributed by atoms with E-state index in [1.165, 1.54) is 0 Å². The Hall–Kier alpha value is -2.11. The Morgan fingerprint density at radius 2 is 1.56 bits per heavy atom. The van der Waals surface area contributed by atoms with Crippen molar-refractivity contribution in [3.63, 3.8) is 0 Å². The average Bonchev–Trinajstić information content (AvgIpc) is 2.68. The van der Waals surface area contributed by atoms with Crippen LogP contribution in [0.1, 0.15) is 18.1 Å². The zero-order chi connectivity index (χ0) is 19.1. The van der Waals surface area contributed by atoms with Gasteiger partial charge in [-0.15, -0.1) is 0 Å². The van der Waals surface area contributed by atoms with E-state index >= 15 is 0 Å². The zero-order valence-corrected chi connectivity index (χ0v) is 18.0. The molecule has 0 aliphatic rings. The molecule has 3 rings (SSSR count). The lowest BCUT2D eigenvalue weighted by Crippen LogP contribution is -1.98. The van der Waals surface area contributed by atoms with Gasteiger partial charge in [0.2, 0.25) is 0 Å². The summed E-state index contributed by atoms with van der Waals surface area (Å²) >= 11 is 6.96. The second-order valence-corrected chi connectivity index (χ2v) is 7.61. The predicted octanol–water partition coefficient (Wildman–Crippen LogP) is 6.94. The number of benzene rings is 3. The van der Waals surface area contributed by atoms with Crippen molar-refractivity contribution in [1.82, 2.24) is 0 Å². The van der Waals surface area contributed by atoms with Gasteiger partial charge in [-0.2, -0.15) is 0 Å². The molecule has 0 radical (unpaired) electrons. The van der Waals surface area contributed by atoms with E-state index in [9.17, 15) is 0 Å². The fraction of sp³-hybridized carbons (Fsp3) is 0.136. The van der Waals surface area contributed by atoms with E-state index in [0.717, 1.165) is 37.3 Å². The van der Waals surface area contributed by atoms with Gasteiger partial charge in [0, 0.05) is 20.7 Å². The summed E-state index contributed by atoms with van der Waals surface area (Å²) in [4.78, 5) is 4.56. The molecule has 0 heterocycles. The summed E-state index contributed by atoms with van der Waals surface area (Å²) in [5, 5.41) is 0. The van der Waals surface area contributed by atoms with Crippen molar-refractivity contribution in [3.05, 3.63) is 86.8 Å². The molecule has 3 aromatic rings. The number of hydrogen-bond donors (Lipinski definition) is 0. The lowest BCUT2D eigenvalue weighted by Gasteiger charge is -2.10. The Labute approximate surface area is 176 Å². The summed E-state index contributed by atoms with van der Waals surface area (Å²) in [6.07, 6.45) is 1.82. The first-order valence-electron chi connectivity index (χ1n) is 8.58. The molecule has 0 saturated heterocycles. The lowest BCUT2D eigenvalue weighted by atomic mass is 10.2. The highest BCUT2D eigenvalue weighted by Gasteiger charge is 2.04. The van der Waals surface area contributed by atoms with Crippen LogP contribution in [0.15, 0.2) is 80.7 Å². The van der Waals surface area contributed by atoms with Crippen molar-refractivity contribution >= 4 is 43.8 Å². The highest BCUT2D eigenvalue weighted by molar-refractivity contribution is 9.10. The van der Waals surface area contributed by atoms with Gasteiger partial charge in [0.25, 0.3) is 0 Å². The highest BCUT2D eigenvalue weighted by Crippen LogP contribution is 2.25. The molecule has 0 fully saturated rings. The van der Waals surface area contributed by atoms with Gasteiger partial charge in [-0.3, -0.25) is 4.99 Å². The molecule has 0 N–H and O–H groups in total. The Morgan fingerprint density at radius 3 is 2.26 bits per heavy atom. The van der Waals surface area contributed by atoms with E-state index in [1.807, 2.05) is 79.9 Å². The second kappa shape index (κ2) is 9.72. The maximum atomic E-state index is 6.01. The second-order valence-electron chi connectivity index (χ2n) is 5.78. The van der Waals surface area contributed by atoms with E-state index in [0.29, 0.717) is 13.2 Å². The summed E-state index contributed by atoms with van der Waals surface area (Å²) < 4.78 is 13.5. The van der Waals surface area contributed by atoms with E-state index in [1.54, 1.807) is 0 Å². The minimum absolute atomic E-state index is 0.499. The molecular weight excluding hydrogens is 470 g/mol. The number of halogens is 2. The first-order chi connectivity index (χ1) is 13.1. The van der Waals surface area contributed by atoms with Crippen molar-refractivity contribution in [2.75, 3.05) is 6.61 Å². The molecule has 0 atom stereocenters. The van der Waals surface area contributed by atoms with Crippen LogP contribution in [0.2, 0.25) is 0 Å². The van der Waals surface area contributed by atoms with Crippen LogP contribution in [0, 0.1) is 0 Å². The molecule has 3 aromatic carbocycles. The van der Waals surface area contributed by atoms with Crippen molar-refractivity contribution in [3.8, 4) is 11.5 Å². The Balaban J connectivity index is 1.74. The van der Waals surface area contributed by atoms with Crippen LogP contribution < -0.4 is 9.47 Å². The standard InChI is InChI=1S/C22H19Br2NO2/c1-2-26-21-10-8-20(9-11-21)25-14-17-13-19(24)7-12-22(17)27-15-16-3-5-18(23)6-4-16/h3-14H,2,15H2,1H3. The summed E-state index contributed by atoms with van der Waals surface area (Å²) in [5.41, 5.74) is 2.88. The fourth-order valence-corrected chi connectivity index (χ4v) is 3.08. The minimum Gasteiger partial charge on any atom is -0.494 e. The van der Waals surface area contributed by atoms with Crippen LogP contribution in [0.5, 0.6) is 11.5 Å². The fourth-order valence-electron chi connectivity index (χ4n) is 2.43. The number of aliphatic imine (C=N–C) groups is 1. The lowest BCUT2D eigenvalue weighted by molar-refractivity contribution is 0.305. The third-order valence-electron chi connectivity index (χ3n) is 3.78. The van der Waals surface area contributed by atoms with E-state index in [-0.39, 0.29) is 0 Å². The van der Waals surface area contributed by atoms with Gasteiger partial charge in [0.05, 0.1) is 12.3 Å². The minimum atomic E-state index is 0.499. The van der Waals surface area contributed by atoms with Gasteiger partial charge < -0.3 is 9.47 Å². The Kier molecular flexibility index (Phi) is 7.07. The number of hydrogen-bond acceptors (Lipinski definition) is 3. The molecule has 5 heteroatoms. The zero-order valence-electron chi connectivity index (χ0n) is 14.9. The monoisotopic (exact) mass is 487 g/mol. The molecular formula is C22H19Br2NO2. The van der Waals surface area contributed by atoms with E-state index < -0.39 is 0 Å². The Morgan fingerprint density at radius 1 is 0.852 bits per heavy atom. The molecule has 138 valence electrons. The largest absolute Gasteiger partial charge is 0.494 e. The van der Waals surface area contributed by atoms with Crippen LogP contribution >= 0.6 is 31.9 Å². The molecule has 27 heavy (non-hydrogen) atoms. The Bertz CT molecular complexity index is 907. The maximum absolute atomic E-state index is 6.01. The number of rotatable bonds is 7.